The van der Waals surface area contributed by atoms with Crippen LogP contribution in [-0.2, 0) is 4.79 Å². The fourth-order valence-electron chi connectivity index (χ4n) is 5.78. The summed E-state index contributed by atoms with van der Waals surface area (Å²) < 4.78 is 0. The van der Waals surface area contributed by atoms with Gasteiger partial charge in [0.15, 0.2) is 0 Å². The Hall–Kier alpha value is -0.650. The molecule has 0 spiro atoms. The lowest BCUT2D eigenvalue weighted by Crippen LogP contribution is -2.58. The van der Waals surface area contributed by atoms with Crippen LogP contribution in [0, 0.1) is 28.9 Å². The van der Waals surface area contributed by atoms with Crippen LogP contribution >= 0.6 is 0 Å². The summed E-state index contributed by atoms with van der Waals surface area (Å²) in [5.41, 5.74) is 0. The van der Waals surface area contributed by atoms with Crippen molar-refractivity contribution in [3.8, 4) is 0 Å². The highest BCUT2D eigenvalue weighted by atomic mass is 16.5. The van der Waals surface area contributed by atoms with E-state index in [1.165, 1.54) is 24.3 Å². The zero-order chi connectivity index (χ0) is 17.6. The van der Waals surface area contributed by atoms with E-state index in [1.54, 1.807) is 0 Å². The van der Waals surface area contributed by atoms with Gasteiger partial charge in [-0.3, -0.25) is 4.79 Å². The Bertz CT molecular complexity index is 485. The first-order valence-corrected chi connectivity index (χ1v) is 10.5. The molecular weight excluding hydrogens is 314 g/mol. The van der Waals surface area contributed by atoms with Crippen molar-refractivity contribution in [2.45, 2.75) is 89.4 Å². The predicted molar refractivity (Wildman–Crippen MR) is 98.7 cm³/mol. The fraction of sp³-hybridized carbons (Fsp3) is 0.950. The Morgan fingerprint density at radius 3 is 2.56 bits per heavy atom. The van der Waals surface area contributed by atoms with E-state index in [0.717, 1.165) is 32.1 Å². The zero-order valence-electron chi connectivity index (χ0n) is 15.7. The highest BCUT2D eigenvalue weighted by Crippen LogP contribution is 2.40. The van der Waals surface area contributed by atoms with Gasteiger partial charge in [-0.15, -0.1) is 0 Å². The summed E-state index contributed by atoms with van der Waals surface area (Å²) in [7, 11) is 0. The van der Waals surface area contributed by atoms with Gasteiger partial charge >= 0.3 is 0 Å². The molecule has 2 saturated heterocycles. The van der Waals surface area contributed by atoms with E-state index in [2.05, 4.69) is 24.5 Å². The van der Waals surface area contributed by atoms with E-state index in [4.69, 9.17) is 0 Å². The third kappa shape index (κ3) is 3.60. The Morgan fingerprint density at radius 2 is 1.88 bits per heavy atom. The molecule has 4 aliphatic rings. The molecule has 7 unspecified atom stereocenters. The van der Waals surface area contributed by atoms with Crippen molar-refractivity contribution in [3.63, 3.8) is 0 Å². The molecule has 25 heavy (non-hydrogen) atoms. The standard InChI is InChI=1S/C20H34N3O2/c1-12-5-3-7-15-11-16(21-17(12)15)20(24)22-18(14-8-9-14)19-13(2)6-4-10-23(19)25/h12-19,21H,3-11H2,1-2H3,(H,22,24)/q-1. The lowest BCUT2D eigenvalue weighted by molar-refractivity contribution is -0.124. The highest BCUT2D eigenvalue weighted by molar-refractivity contribution is 5.82. The first kappa shape index (κ1) is 17.7. The summed E-state index contributed by atoms with van der Waals surface area (Å²) in [6.45, 7) is 5.12. The Labute approximate surface area is 151 Å². The zero-order valence-corrected chi connectivity index (χ0v) is 15.7. The van der Waals surface area contributed by atoms with E-state index in [1.807, 2.05) is 0 Å². The average Bonchev–Trinajstić information content (AvgIpc) is 3.32. The maximum atomic E-state index is 13.0. The van der Waals surface area contributed by atoms with Gasteiger partial charge in [0.2, 0.25) is 5.91 Å². The number of carbonyl (C=O) groups is 1. The number of hydrogen-bond acceptors (Lipinski definition) is 4. The summed E-state index contributed by atoms with van der Waals surface area (Å²) >= 11 is 0. The Balaban J connectivity index is 1.41. The van der Waals surface area contributed by atoms with Gasteiger partial charge in [0.1, 0.15) is 0 Å². The van der Waals surface area contributed by atoms with Crippen molar-refractivity contribution in [1.82, 2.24) is 15.7 Å². The van der Waals surface area contributed by atoms with Crippen LogP contribution in [0.1, 0.15) is 65.2 Å². The molecule has 5 heteroatoms. The molecule has 1 amide bonds. The second-order valence-electron chi connectivity index (χ2n) is 9.27. The minimum atomic E-state index is -0.0594. The third-order valence-electron chi connectivity index (χ3n) is 7.36. The molecule has 4 fully saturated rings. The normalized spacial score (nSPS) is 43.5. The highest BCUT2D eigenvalue weighted by Gasteiger charge is 2.45. The molecule has 0 aromatic heterocycles. The van der Waals surface area contributed by atoms with Crippen LogP contribution in [-0.4, -0.2) is 41.7 Å². The maximum Gasteiger partial charge on any atom is 0.237 e. The molecule has 0 aromatic carbocycles. The molecule has 2 saturated carbocycles. The van der Waals surface area contributed by atoms with Crippen molar-refractivity contribution in [3.05, 3.63) is 5.21 Å². The number of amides is 1. The van der Waals surface area contributed by atoms with Gasteiger partial charge in [0.05, 0.1) is 6.04 Å². The van der Waals surface area contributed by atoms with Gasteiger partial charge in [-0.1, -0.05) is 20.3 Å². The first-order valence-electron chi connectivity index (χ1n) is 10.5. The number of fused-ring (bicyclic) bond motifs is 1. The molecule has 4 rings (SSSR count). The minimum absolute atomic E-state index is 0.0344. The van der Waals surface area contributed by atoms with Gasteiger partial charge in [-0.2, -0.15) is 0 Å². The van der Waals surface area contributed by atoms with E-state index < -0.39 is 0 Å². The van der Waals surface area contributed by atoms with Gasteiger partial charge in [-0.25, -0.2) is 0 Å². The number of nitrogens with one attached hydrogen (secondary N) is 2. The maximum absolute atomic E-state index is 13.0. The van der Waals surface area contributed by atoms with Crippen LogP contribution in [0.4, 0.5) is 0 Å². The lowest BCUT2D eigenvalue weighted by Gasteiger charge is -2.49. The van der Waals surface area contributed by atoms with Crippen molar-refractivity contribution in [1.29, 1.82) is 0 Å². The van der Waals surface area contributed by atoms with E-state index >= 15 is 0 Å². The Kier molecular flexibility index (Phi) is 5.09. The third-order valence-corrected chi connectivity index (χ3v) is 7.36. The second-order valence-corrected chi connectivity index (χ2v) is 9.27. The molecule has 7 atom stereocenters. The molecule has 142 valence electrons. The SMILES string of the molecule is CC1CCCC2CC(C(=O)NC(C3CC3)C3C(C)CCCN3[O-])NC12. The van der Waals surface area contributed by atoms with Gasteiger partial charge in [-0.05, 0) is 75.2 Å². The number of rotatable bonds is 4. The molecular formula is C20H34N3O2-. The predicted octanol–water partition coefficient (Wildman–Crippen LogP) is 2.65. The van der Waals surface area contributed by atoms with Crippen molar-refractivity contribution >= 4 is 5.91 Å². The van der Waals surface area contributed by atoms with Crippen LogP contribution < -0.4 is 10.6 Å². The van der Waals surface area contributed by atoms with Gasteiger partial charge in [0.25, 0.3) is 0 Å². The molecule has 2 aliphatic carbocycles. The van der Waals surface area contributed by atoms with Gasteiger partial charge < -0.3 is 20.9 Å². The topological polar surface area (TPSA) is 67.4 Å². The Morgan fingerprint density at radius 1 is 1.12 bits per heavy atom. The minimum Gasteiger partial charge on any atom is -0.785 e. The van der Waals surface area contributed by atoms with E-state index in [-0.39, 0.29) is 24.0 Å². The molecule has 0 bridgehead atoms. The fourth-order valence-corrected chi connectivity index (χ4v) is 5.78. The molecule has 5 nitrogen and oxygen atoms in total. The first-order chi connectivity index (χ1) is 12.0. The van der Waals surface area contributed by atoms with Crippen molar-refractivity contribution in [2.24, 2.45) is 23.7 Å². The molecule has 2 aliphatic heterocycles. The molecule has 2 N–H and O–H groups in total. The smallest absolute Gasteiger partial charge is 0.237 e. The summed E-state index contributed by atoms with van der Waals surface area (Å²) in [6.07, 6.45) is 9.20. The summed E-state index contributed by atoms with van der Waals surface area (Å²) in [6, 6.07) is 0.458. The summed E-state index contributed by atoms with van der Waals surface area (Å²) in [4.78, 5) is 13.0. The number of nitrogens with zero attached hydrogens (tertiary/aromatic N) is 1. The quantitative estimate of drug-likeness (QED) is 0.820. The second kappa shape index (κ2) is 7.16. The summed E-state index contributed by atoms with van der Waals surface area (Å²) in [5.74, 6) is 2.35. The molecule has 0 aromatic rings. The van der Waals surface area contributed by atoms with Crippen LogP contribution in [0.15, 0.2) is 0 Å². The van der Waals surface area contributed by atoms with Gasteiger partial charge in [0, 0.05) is 18.1 Å². The van der Waals surface area contributed by atoms with Crippen molar-refractivity contribution < 1.29 is 4.79 Å². The van der Waals surface area contributed by atoms with Crippen LogP contribution in [0.3, 0.4) is 0 Å². The van der Waals surface area contributed by atoms with Crippen LogP contribution in [0.2, 0.25) is 0 Å². The number of carbonyl (C=O) groups excluding carboxylic acids is 1. The monoisotopic (exact) mass is 348 g/mol. The van der Waals surface area contributed by atoms with E-state index in [9.17, 15) is 10.0 Å². The number of piperidine rings is 1. The number of hydroxylamine groups is 2. The molecule has 2 heterocycles. The largest absolute Gasteiger partial charge is 0.785 e. The lowest BCUT2D eigenvalue weighted by atomic mass is 9.78. The summed E-state index contributed by atoms with van der Waals surface area (Å²) in [5, 5.41) is 20.7. The van der Waals surface area contributed by atoms with E-state index in [0.29, 0.717) is 36.3 Å². The van der Waals surface area contributed by atoms with Crippen LogP contribution in [0.25, 0.3) is 0 Å². The van der Waals surface area contributed by atoms with Crippen LogP contribution in [0.5, 0.6) is 0 Å². The average molecular weight is 349 g/mol. The molecule has 0 radical (unpaired) electrons. The van der Waals surface area contributed by atoms with Crippen molar-refractivity contribution in [2.75, 3.05) is 6.54 Å². The number of hydrogen-bond donors (Lipinski definition) is 2.